The second kappa shape index (κ2) is 11.9. The van der Waals surface area contributed by atoms with E-state index in [9.17, 15) is 9.59 Å². The zero-order valence-electron chi connectivity index (χ0n) is 16.4. The van der Waals surface area contributed by atoms with E-state index in [1.165, 1.54) is 6.92 Å². The third-order valence-corrected chi connectivity index (χ3v) is 4.22. The fraction of sp³-hybridized carbons (Fsp3) is 0.700. The highest BCUT2D eigenvalue weighted by Crippen LogP contribution is 2.21. The molecule has 0 radical (unpaired) electrons. The van der Waals surface area contributed by atoms with E-state index in [1.54, 1.807) is 7.11 Å². The lowest BCUT2D eigenvalue weighted by atomic mass is 10.0. The summed E-state index contributed by atoms with van der Waals surface area (Å²) in [5, 5.41) is 0. The predicted molar refractivity (Wildman–Crippen MR) is 98.5 cm³/mol. The molecule has 26 heavy (non-hydrogen) atoms. The van der Waals surface area contributed by atoms with Crippen LogP contribution in [0.3, 0.4) is 0 Å². The van der Waals surface area contributed by atoms with Crippen LogP contribution in [-0.2, 0) is 28.5 Å². The van der Waals surface area contributed by atoms with Crippen LogP contribution in [0.4, 0.5) is 0 Å². The molecule has 1 aliphatic rings. The molecule has 0 fully saturated rings. The summed E-state index contributed by atoms with van der Waals surface area (Å²) in [7, 11) is 1.68. The molecule has 6 heteroatoms. The molecule has 1 rings (SSSR count). The molecule has 1 aliphatic heterocycles. The van der Waals surface area contributed by atoms with Gasteiger partial charge in [-0.15, -0.1) is 0 Å². The summed E-state index contributed by atoms with van der Waals surface area (Å²) >= 11 is 0. The number of esters is 2. The van der Waals surface area contributed by atoms with E-state index in [0.29, 0.717) is 13.0 Å². The van der Waals surface area contributed by atoms with Gasteiger partial charge in [0, 0.05) is 26.9 Å². The Morgan fingerprint density at radius 2 is 2.08 bits per heavy atom. The number of hydrogen-bond donors (Lipinski definition) is 0. The van der Waals surface area contributed by atoms with E-state index in [-0.39, 0.29) is 36.8 Å². The molecule has 0 amide bonds. The topological polar surface area (TPSA) is 71.1 Å². The van der Waals surface area contributed by atoms with Crippen molar-refractivity contribution in [3.63, 3.8) is 0 Å². The molecule has 0 bridgehead atoms. The molecule has 0 saturated heterocycles. The SMILES string of the molecule is C=C(CC1CC(=O)OC(CCC)C[C@@H](OC)C/C(C)=C/CO1)OC(C)=O. The zero-order chi connectivity index (χ0) is 19.5. The van der Waals surface area contributed by atoms with Gasteiger partial charge in [-0.2, -0.15) is 0 Å². The van der Waals surface area contributed by atoms with Gasteiger partial charge in [0.25, 0.3) is 0 Å². The molecule has 6 nitrogen and oxygen atoms in total. The van der Waals surface area contributed by atoms with Crippen molar-refractivity contribution in [3.8, 4) is 0 Å². The Bertz CT molecular complexity index is 510. The van der Waals surface area contributed by atoms with Crippen LogP contribution in [-0.4, -0.2) is 44.0 Å². The minimum absolute atomic E-state index is 0.00886. The molecule has 0 spiro atoms. The van der Waals surface area contributed by atoms with Crippen molar-refractivity contribution in [2.24, 2.45) is 0 Å². The zero-order valence-corrected chi connectivity index (χ0v) is 16.4. The van der Waals surface area contributed by atoms with Crippen LogP contribution >= 0.6 is 0 Å². The number of carbonyl (C=O) groups is 2. The van der Waals surface area contributed by atoms with Gasteiger partial charge in [-0.25, -0.2) is 0 Å². The number of hydrogen-bond acceptors (Lipinski definition) is 6. The van der Waals surface area contributed by atoms with Crippen molar-refractivity contribution >= 4 is 11.9 Å². The van der Waals surface area contributed by atoms with E-state index in [4.69, 9.17) is 18.9 Å². The molecule has 2 unspecified atom stereocenters. The first kappa shape index (κ1) is 22.4. The highest BCUT2D eigenvalue weighted by Gasteiger charge is 2.24. The van der Waals surface area contributed by atoms with Gasteiger partial charge < -0.3 is 18.9 Å². The van der Waals surface area contributed by atoms with Gasteiger partial charge in [0.05, 0.1) is 25.2 Å². The highest BCUT2D eigenvalue weighted by atomic mass is 16.6. The molecule has 3 atom stereocenters. The second-order valence-electron chi connectivity index (χ2n) is 6.74. The Kier molecular flexibility index (Phi) is 10.2. The minimum atomic E-state index is -0.446. The Morgan fingerprint density at radius 1 is 1.35 bits per heavy atom. The predicted octanol–water partition coefficient (Wildman–Crippen LogP) is 3.70. The summed E-state index contributed by atoms with van der Waals surface area (Å²) < 4.78 is 22.0. The van der Waals surface area contributed by atoms with Gasteiger partial charge in [0.1, 0.15) is 11.9 Å². The summed E-state index contributed by atoms with van der Waals surface area (Å²) in [6.45, 7) is 9.50. The minimum Gasteiger partial charge on any atom is -0.462 e. The monoisotopic (exact) mass is 368 g/mol. The number of ether oxygens (including phenoxy) is 4. The van der Waals surface area contributed by atoms with Crippen molar-refractivity contribution in [3.05, 3.63) is 24.0 Å². The van der Waals surface area contributed by atoms with Crippen molar-refractivity contribution < 1.29 is 28.5 Å². The fourth-order valence-electron chi connectivity index (χ4n) is 2.98. The third-order valence-electron chi connectivity index (χ3n) is 4.22. The molecule has 0 aromatic carbocycles. The Balaban J connectivity index is 2.85. The summed E-state index contributed by atoms with van der Waals surface area (Å²) in [4.78, 5) is 23.4. The maximum atomic E-state index is 12.4. The van der Waals surface area contributed by atoms with Crippen LogP contribution in [0.2, 0.25) is 0 Å². The lowest BCUT2D eigenvalue weighted by Gasteiger charge is -2.25. The van der Waals surface area contributed by atoms with Crippen LogP contribution in [0.15, 0.2) is 24.0 Å². The van der Waals surface area contributed by atoms with E-state index >= 15 is 0 Å². The van der Waals surface area contributed by atoms with Crippen molar-refractivity contribution in [1.29, 1.82) is 0 Å². The van der Waals surface area contributed by atoms with Gasteiger partial charge in [-0.05, 0) is 19.8 Å². The average Bonchev–Trinajstić information content (AvgIpc) is 2.52. The molecule has 148 valence electrons. The van der Waals surface area contributed by atoms with Crippen molar-refractivity contribution in [1.82, 2.24) is 0 Å². The third kappa shape index (κ3) is 9.15. The molecule has 1 heterocycles. The van der Waals surface area contributed by atoms with Gasteiger partial charge >= 0.3 is 11.9 Å². The second-order valence-corrected chi connectivity index (χ2v) is 6.74. The van der Waals surface area contributed by atoms with Gasteiger partial charge in [-0.1, -0.05) is 31.6 Å². The first-order valence-corrected chi connectivity index (χ1v) is 9.19. The number of carbonyl (C=O) groups excluding carboxylic acids is 2. The first-order valence-electron chi connectivity index (χ1n) is 9.19. The smallest absolute Gasteiger partial charge is 0.308 e. The van der Waals surface area contributed by atoms with Crippen molar-refractivity contribution in [2.75, 3.05) is 13.7 Å². The summed E-state index contributed by atoms with van der Waals surface area (Å²) in [6.07, 6.45) is 4.89. The van der Waals surface area contributed by atoms with Crippen molar-refractivity contribution in [2.45, 2.75) is 77.6 Å². The maximum absolute atomic E-state index is 12.4. The standard InChI is InChI=1S/C20H32O6/c1-6-7-17-12-18(23-5)10-14(2)8-9-24-19(13-20(22)26-17)11-15(3)25-16(4)21/h8,17-19H,3,6-7,9-13H2,1-2,4-5H3/b14-8+/t17?,18-,19?/m0/s1. The normalized spacial score (nSPS) is 27.3. The van der Waals surface area contributed by atoms with Crippen LogP contribution in [0.25, 0.3) is 0 Å². The van der Waals surface area contributed by atoms with E-state index in [1.807, 2.05) is 13.0 Å². The fourth-order valence-corrected chi connectivity index (χ4v) is 2.98. The van der Waals surface area contributed by atoms with E-state index in [0.717, 1.165) is 24.8 Å². The molecule has 0 aromatic rings. The highest BCUT2D eigenvalue weighted by molar-refractivity contribution is 5.70. The van der Waals surface area contributed by atoms with Crippen LogP contribution in [0.5, 0.6) is 0 Å². The summed E-state index contributed by atoms with van der Waals surface area (Å²) in [5.41, 5.74) is 1.16. The Hall–Kier alpha value is -1.66. The molecule has 0 aromatic heterocycles. The number of methoxy groups -OCH3 is 1. The van der Waals surface area contributed by atoms with Gasteiger partial charge in [-0.3, -0.25) is 9.59 Å². The number of cyclic esters (lactones) is 1. The number of rotatable bonds is 6. The Morgan fingerprint density at radius 3 is 2.69 bits per heavy atom. The molecule has 0 N–H and O–H groups in total. The largest absolute Gasteiger partial charge is 0.462 e. The summed E-state index contributed by atoms with van der Waals surface area (Å²) in [6, 6.07) is 0. The average molecular weight is 368 g/mol. The molecule has 0 saturated carbocycles. The molecular formula is C20H32O6. The molecular weight excluding hydrogens is 336 g/mol. The van der Waals surface area contributed by atoms with Crippen LogP contribution < -0.4 is 0 Å². The lowest BCUT2D eigenvalue weighted by Crippen LogP contribution is -2.28. The molecule has 0 aliphatic carbocycles. The first-order chi connectivity index (χ1) is 12.3. The van der Waals surface area contributed by atoms with E-state index < -0.39 is 12.1 Å². The van der Waals surface area contributed by atoms with Crippen LogP contribution in [0, 0.1) is 0 Å². The van der Waals surface area contributed by atoms with Gasteiger partial charge in [0.15, 0.2) is 0 Å². The maximum Gasteiger partial charge on any atom is 0.308 e. The lowest BCUT2D eigenvalue weighted by molar-refractivity contribution is -0.154. The van der Waals surface area contributed by atoms with Crippen LogP contribution in [0.1, 0.15) is 59.3 Å². The van der Waals surface area contributed by atoms with E-state index in [2.05, 4.69) is 13.5 Å². The quantitative estimate of drug-likeness (QED) is 0.404. The Labute approximate surface area is 156 Å². The van der Waals surface area contributed by atoms with Gasteiger partial charge in [0.2, 0.25) is 0 Å². The summed E-state index contributed by atoms with van der Waals surface area (Å²) in [5.74, 6) is -0.469.